The monoisotopic (exact) mass is 409 g/mol. The van der Waals surface area contributed by atoms with Crippen molar-refractivity contribution in [3.05, 3.63) is 23.5 Å². The van der Waals surface area contributed by atoms with E-state index < -0.39 is 17.7 Å². The normalized spacial score (nSPS) is 22.9. The first-order valence-corrected chi connectivity index (χ1v) is 10.2. The van der Waals surface area contributed by atoms with Gasteiger partial charge in [-0.05, 0) is 46.5 Å². The smallest absolute Gasteiger partial charge is 0.410 e. The van der Waals surface area contributed by atoms with Crippen LogP contribution >= 0.6 is 11.6 Å². The van der Waals surface area contributed by atoms with Crippen LogP contribution in [0.2, 0.25) is 5.02 Å². The molecule has 1 aromatic heterocycles. The van der Waals surface area contributed by atoms with Crippen LogP contribution in [-0.2, 0) is 9.53 Å². The molecule has 0 aromatic carbocycles. The molecule has 2 fully saturated rings. The Morgan fingerprint density at radius 2 is 1.96 bits per heavy atom. The van der Waals surface area contributed by atoms with Crippen LogP contribution in [0, 0.1) is 0 Å². The van der Waals surface area contributed by atoms with Crippen molar-refractivity contribution in [2.24, 2.45) is 0 Å². The molecule has 0 spiro atoms. The number of hydrogen-bond donors (Lipinski definition) is 0. The number of hydrogen-bond acceptors (Lipinski definition) is 5. The summed E-state index contributed by atoms with van der Waals surface area (Å²) in [7, 11) is 0. The van der Waals surface area contributed by atoms with Crippen molar-refractivity contribution in [3.8, 4) is 5.75 Å². The van der Waals surface area contributed by atoms with Gasteiger partial charge in [0.1, 0.15) is 28.5 Å². The highest BCUT2D eigenvalue weighted by Crippen LogP contribution is 2.27. The summed E-state index contributed by atoms with van der Waals surface area (Å²) in [5.41, 5.74) is -0.582. The van der Waals surface area contributed by atoms with Crippen molar-refractivity contribution in [1.82, 2.24) is 14.8 Å². The highest BCUT2D eigenvalue weighted by molar-refractivity contribution is 6.31. The molecule has 28 heavy (non-hydrogen) atoms. The maximum absolute atomic E-state index is 13.1. The minimum Gasteiger partial charge on any atom is -0.487 e. The van der Waals surface area contributed by atoms with E-state index in [1.165, 1.54) is 0 Å². The molecule has 154 valence electrons. The van der Waals surface area contributed by atoms with Gasteiger partial charge in [0.25, 0.3) is 0 Å². The third-order valence-corrected chi connectivity index (χ3v) is 5.17. The predicted octanol–water partition coefficient (Wildman–Crippen LogP) is 3.50. The van der Waals surface area contributed by atoms with Crippen molar-refractivity contribution in [2.45, 2.75) is 64.2 Å². The van der Waals surface area contributed by atoms with E-state index in [1.54, 1.807) is 28.3 Å². The predicted molar refractivity (Wildman–Crippen MR) is 105 cm³/mol. The molecular weight excluding hydrogens is 382 g/mol. The number of ether oxygens (including phenoxy) is 2. The molecule has 2 aliphatic heterocycles. The van der Waals surface area contributed by atoms with E-state index in [-0.39, 0.29) is 12.0 Å². The second-order valence-corrected chi connectivity index (χ2v) is 8.71. The summed E-state index contributed by atoms with van der Waals surface area (Å²) in [5, 5.41) is 0.456. The number of aromatic nitrogens is 1. The molecule has 8 heteroatoms. The van der Waals surface area contributed by atoms with Crippen LogP contribution in [-0.4, -0.2) is 64.2 Å². The Morgan fingerprint density at radius 1 is 1.21 bits per heavy atom. The minimum atomic E-state index is -0.582. The topological polar surface area (TPSA) is 72.0 Å². The Balaban J connectivity index is 1.63. The molecule has 2 saturated heterocycles. The molecule has 1 aromatic rings. The lowest BCUT2D eigenvalue weighted by Gasteiger charge is -2.36. The Hall–Kier alpha value is -2.02. The number of halogens is 1. The summed E-state index contributed by atoms with van der Waals surface area (Å²) in [6.07, 6.45) is 5.78. The lowest BCUT2D eigenvalue weighted by atomic mass is 10.1. The molecule has 2 aliphatic rings. The van der Waals surface area contributed by atoms with Crippen LogP contribution in [0.25, 0.3) is 0 Å². The van der Waals surface area contributed by atoms with Crippen LogP contribution in [0.5, 0.6) is 5.75 Å². The number of nitrogens with zero attached hydrogens (tertiary/aromatic N) is 3. The summed E-state index contributed by atoms with van der Waals surface area (Å²) in [5.74, 6) is 0.546. The number of piperidine rings is 1. The minimum absolute atomic E-state index is 0.0301. The van der Waals surface area contributed by atoms with E-state index in [0.717, 1.165) is 19.3 Å². The summed E-state index contributed by atoms with van der Waals surface area (Å²) >= 11 is 6.13. The van der Waals surface area contributed by atoms with Gasteiger partial charge in [-0.25, -0.2) is 4.79 Å². The second-order valence-electron chi connectivity index (χ2n) is 8.30. The van der Waals surface area contributed by atoms with Gasteiger partial charge in [0, 0.05) is 31.5 Å². The average molecular weight is 410 g/mol. The van der Waals surface area contributed by atoms with Gasteiger partial charge >= 0.3 is 6.09 Å². The van der Waals surface area contributed by atoms with Gasteiger partial charge in [-0.3, -0.25) is 14.7 Å². The highest BCUT2D eigenvalue weighted by Gasteiger charge is 2.39. The first-order chi connectivity index (χ1) is 13.2. The molecule has 7 nitrogen and oxygen atoms in total. The van der Waals surface area contributed by atoms with Crippen LogP contribution in [0.3, 0.4) is 0 Å². The molecule has 3 heterocycles. The highest BCUT2D eigenvalue weighted by atomic mass is 35.5. The zero-order valence-corrected chi connectivity index (χ0v) is 17.4. The van der Waals surface area contributed by atoms with Gasteiger partial charge < -0.3 is 14.4 Å². The Kier molecular flexibility index (Phi) is 6.33. The quantitative estimate of drug-likeness (QED) is 0.763. The summed E-state index contributed by atoms with van der Waals surface area (Å²) in [6.45, 7) is 7.18. The van der Waals surface area contributed by atoms with E-state index in [1.807, 2.05) is 20.8 Å². The molecule has 0 N–H and O–H groups in total. The molecule has 2 amide bonds. The summed E-state index contributed by atoms with van der Waals surface area (Å²) in [4.78, 5) is 32.9. The maximum Gasteiger partial charge on any atom is 0.410 e. The lowest BCUT2D eigenvalue weighted by Crippen LogP contribution is -2.53. The molecule has 0 bridgehead atoms. The van der Waals surface area contributed by atoms with Gasteiger partial charge in [0.2, 0.25) is 5.91 Å². The van der Waals surface area contributed by atoms with Crippen molar-refractivity contribution in [1.29, 1.82) is 0 Å². The van der Waals surface area contributed by atoms with E-state index in [2.05, 4.69) is 4.98 Å². The van der Waals surface area contributed by atoms with E-state index in [4.69, 9.17) is 21.1 Å². The number of likely N-dealkylation sites (tertiary alicyclic amines) is 2. The zero-order valence-electron chi connectivity index (χ0n) is 16.7. The van der Waals surface area contributed by atoms with Gasteiger partial charge in [0.15, 0.2) is 0 Å². The third kappa shape index (κ3) is 5.07. The van der Waals surface area contributed by atoms with Crippen LogP contribution in [0.15, 0.2) is 18.5 Å². The van der Waals surface area contributed by atoms with Crippen LogP contribution < -0.4 is 4.74 Å². The fourth-order valence-corrected chi connectivity index (χ4v) is 3.81. The first kappa shape index (κ1) is 20.7. The molecule has 0 aliphatic carbocycles. The molecule has 2 unspecified atom stereocenters. The Morgan fingerprint density at radius 3 is 2.68 bits per heavy atom. The average Bonchev–Trinajstić information content (AvgIpc) is 3.12. The van der Waals surface area contributed by atoms with Crippen LogP contribution in [0.1, 0.15) is 46.5 Å². The molecule has 0 saturated carbocycles. The molecule has 2 atom stereocenters. The summed E-state index contributed by atoms with van der Waals surface area (Å²) in [6, 6.07) is 1.27. The number of carbonyl (C=O) groups excluding carboxylic acids is 2. The Bertz CT molecular complexity index is 722. The van der Waals surface area contributed by atoms with Gasteiger partial charge in [0.05, 0.1) is 6.54 Å². The standard InChI is InChI=1S/C20H28ClN3O4/c1-20(2,3)28-19(26)24-11-5-7-16(24)18(25)23-10-4-6-14(13-23)27-17-8-9-22-12-15(17)21/h8-9,12,14,16H,4-7,10-11,13H2,1-3H3. The van der Waals surface area contributed by atoms with E-state index >= 15 is 0 Å². The number of amides is 2. The zero-order chi connectivity index (χ0) is 20.3. The van der Waals surface area contributed by atoms with Crippen molar-refractivity contribution >= 4 is 23.6 Å². The number of rotatable bonds is 3. The first-order valence-electron chi connectivity index (χ1n) is 9.79. The second kappa shape index (κ2) is 8.55. The van der Waals surface area contributed by atoms with Crippen LogP contribution in [0.4, 0.5) is 4.79 Å². The largest absolute Gasteiger partial charge is 0.487 e. The van der Waals surface area contributed by atoms with Crippen molar-refractivity contribution in [2.75, 3.05) is 19.6 Å². The fraction of sp³-hybridized carbons (Fsp3) is 0.650. The Labute approximate surface area is 170 Å². The lowest BCUT2D eigenvalue weighted by molar-refractivity contribution is -0.138. The SMILES string of the molecule is CC(C)(C)OC(=O)N1CCCC1C(=O)N1CCCC(Oc2ccncc2Cl)C1. The molecule has 3 rings (SSSR count). The third-order valence-electron chi connectivity index (χ3n) is 4.88. The van der Waals surface area contributed by atoms with Crippen molar-refractivity contribution in [3.63, 3.8) is 0 Å². The number of carbonyl (C=O) groups is 2. The molecular formula is C20H28ClN3O4. The number of pyridine rings is 1. The van der Waals surface area contributed by atoms with Gasteiger partial charge in [-0.15, -0.1) is 0 Å². The molecule has 0 radical (unpaired) electrons. The summed E-state index contributed by atoms with van der Waals surface area (Å²) < 4.78 is 11.5. The van der Waals surface area contributed by atoms with E-state index in [0.29, 0.717) is 36.8 Å². The van der Waals surface area contributed by atoms with Gasteiger partial charge in [-0.2, -0.15) is 0 Å². The fourth-order valence-electron chi connectivity index (χ4n) is 3.65. The maximum atomic E-state index is 13.1. The van der Waals surface area contributed by atoms with Crippen molar-refractivity contribution < 1.29 is 19.1 Å². The van der Waals surface area contributed by atoms with E-state index in [9.17, 15) is 9.59 Å². The van der Waals surface area contributed by atoms with Gasteiger partial charge in [-0.1, -0.05) is 11.6 Å².